The molecule has 0 atom stereocenters. The third kappa shape index (κ3) is 2.23. The Balaban J connectivity index is 2.82. The molecule has 1 aromatic rings. The molecule has 1 rings (SSSR count). The number of benzene rings is 1. The molecule has 0 bridgehead atoms. The summed E-state index contributed by atoms with van der Waals surface area (Å²) < 4.78 is 0. The minimum atomic E-state index is 1.05. The van der Waals surface area contributed by atoms with Crippen LogP contribution in [-0.4, -0.2) is 0 Å². The number of rotatable bonds is 2. The minimum absolute atomic E-state index is 1.05. The van der Waals surface area contributed by atoms with E-state index in [0.29, 0.717) is 0 Å². The molecule has 1 aromatic carbocycles. The molecule has 0 saturated carbocycles. The molecule has 0 fully saturated rings. The van der Waals surface area contributed by atoms with Crippen LogP contribution < -0.4 is 0 Å². The third-order valence-corrected chi connectivity index (χ3v) is 2.16. The van der Waals surface area contributed by atoms with Crippen molar-refractivity contribution in [1.82, 2.24) is 0 Å². The summed E-state index contributed by atoms with van der Waals surface area (Å²) in [4.78, 5) is 0. The van der Waals surface area contributed by atoms with Crippen LogP contribution in [0.2, 0.25) is 0 Å². The summed E-state index contributed by atoms with van der Waals surface area (Å²) >= 11 is 0. The summed E-state index contributed by atoms with van der Waals surface area (Å²) in [6, 6.07) is 6.64. The lowest BCUT2D eigenvalue weighted by molar-refractivity contribution is 1.22. The summed E-state index contributed by atoms with van der Waals surface area (Å²) in [6.07, 6.45) is 5.33. The average Bonchev–Trinajstić information content (AvgIpc) is 2.07. The third-order valence-electron chi connectivity index (χ3n) is 2.16. The fourth-order valence-electron chi connectivity index (χ4n) is 1.18. The fraction of sp³-hybridized carbons (Fsp3) is 0.333. The standard InChI is InChI=1S/C12H16/c1-4-5-6-12-8-7-10(2)11(3)9-12/h4-5,7-9H,6H2,1-3H3. The second kappa shape index (κ2) is 4.10. The molecule has 0 aliphatic heterocycles. The average molecular weight is 160 g/mol. The molecular formula is C12H16. The summed E-state index contributed by atoms with van der Waals surface area (Å²) in [6.45, 7) is 6.37. The van der Waals surface area contributed by atoms with Gasteiger partial charge in [-0.1, -0.05) is 30.4 Å². The Kier molecular flexibility index (Phi) is 3.09. The van der Waals surface area contributed by atoms with Crippen molar-refractivity contribution in [2.75, 3.05) is 0 Å². The summed E-state index contributed by atoms with van der Waals surface area (Å²) in [7, 11) is 0. The zero-order valence-electron chi connectivity index (χ0n) is 8.09. The molecule has 0 aliphatic carbocycles. The van der Waals surface area contributed by atoms with Crippen molar-refractivity contribution in [3.8, 4) is 0 Å². The number of hydrogen-bond donors (Lipinski definition) is 0. The Bertz CT molecular complexity index is 282. The van der Waals surface area contributed by atoms with Crippen LogP contribution >= 0.6 is 0 Å². The Hall–Kier alpha value is -1.04. The SMILES string of the molecule is CC=CCc1ccc(C)c(C)c1. The maximum atomic E-state index is 2.26. The van der Waals surface area contributed by atoms with E-state index < -0.39 is 0 Å². The van der Waals surface area contributed by atoms with E-state index in [2.05, 4.69) is 51.1 Å². The van der Waals surface area contributed by atoms with Crippen LogP contribution in [-0.2, 0) is 6.42 Å². The van der Waals surface area contributed by atoms with Gasteiger partial charge in [0.25, 0.3) is 0 Å². The van der Waals surface area contributed by atoms with Crippen molar-refractivity contribution < 1.29 is 0 Å². The van der Waals surface area contributed by atoms with Gasteiger partial charge in [-0.05, 0) is 43.9 Å². The molecule has 64 valence electrons. The predicted octanol–water partition coefficient (Wildman–Crippen LogP) is 3.42. The van der Waals surface area contributed by atoms with Gasteiger partial charge < -0.3 is 0 Å². The molecule has 0 nitrogen and oxygen atoms in total. The lowest BCUT2D eigenvalue weighted by Crippen LogP contribution is -1.85. The van der Waals surface area contributed by atoms with Crippen molar-refractivity contribution in [1.29, 1.82) is 0 Å². The molecule has 0 heteroatoms. The van der Waals surface area contributed by atoms with Gasteiger partial charge in [0, 0.05) is 0 Å². The van der Waals surface area contributed by atoms with Gasteiger partial charge in [0.1, 0.15) is 0 Å². The van der Waals surface area contributed by atoms with Crippen LogP contribution in [0.3, 0.4) is 0 Å². The lowest BCUT2D eigenvalue weighted by atomic mass is 10.0. The molecule has 0 saturated heterocycles. The Morgan fingerprint density at radius 3 is 2.50 bits per heavy atom. The molecule has 0 amide bonds. The second-order valence-corrected chi connectivity index (χ2v) is 3.19. The first-order chi connectivity index (χ1) is 5.74. The second-order valence-electron chi connectivity index (χ2n) is 3.19. The maximum absolute atomic E-state index is 2.26. The van der Waals surface area contributed by atoms with Gasteiger partial charge in [-0.2, -0.15) is 0 Å². The van der Waals surface area contributed by atoms with E-state index in [-0.39, 0.29) is 0 Å². The van der Waals surface area contributed by atoms with E-state index in [1.807, 2.05) is 0 Å². The van der Waals surface area contributed by atoms with E-state index in [1.165, 1.54) is 16.7 Å². The van der Waals surface area contributed by atoms with E-state index in [1.54, 1.807) is 0 Å². The number of allylic oxidation sites excluding steroid dienone is 2. The molecular weight excluding hydrogens is 144 g/mol. The monoisotopic (exact) mass is 160 g/mol. The van der Waals surface area contributed by atoms with E-state index in [0.717, 1.165) is 6.42 Å². The Morgan fingerprint density at radius 2 is 1.92 bits per heavy atom. The largest absolute Gasteiger partial charge is 0.0913 e. The van der Waals surface area contributed by atoms with Crippen molar-refractivity contribution >= 4 is 0 Å². The first kappa shape index (κ1) is 9.05. The van der Waals surface area contributed by atoms with Gasteiger partial charge in [0.15, 0.2) is 0 Å². The lowest BCUT2D eigenvalue weighted by Gasteiger charge is -2.01. The van der Waals surface area contributed by atoms with Gasteiger partial charge in [-0.15, -0.1) is 0 Å². The van der Waals surface area contributed by atoms with Crippen molar-refractivity contribution in [3.63, 3.8) is 0 Å². The van der Waals surface area contributed by atoms with Crippen LogP contribution in [0.25, 0.3) is 0 Å². The van der Waals surface area contributed by atoms with Gasteiger partial charge >= 0.3 is 0 Å². The normalized spacial score (nSPS) is 10.9. The minimum Gasteiger partial charge on any atom is -0.0913 e. The van der Waals surface area contributed by atoms with Crippen LogP contribution in [0.1, 0.15) is 23.6 Å². The Morgan fingerprint density at radius 1 is 1.17 bits per heavy atom. The molecule has 0 N–H and O–H groups in total. The van der Waals surface area contributed by atoms with Crippen molar-refractivity contribution in [2.45, 2.75) is 27.2 Å². The first-order valence-electron chi connectivity index (χ1n) is 4.41. The van der Waals surface area contributed by atoms with Gasteiger partial charge in [-0.3, -0.25) is 0 Å². The fourth-order valence-corrected chi connectivity index (χ4v) is 1.18. The van der Waals surface area contributed by atoms with Gasteiger partial charge in [0.05, 0.1) is 0 Å². The van der Waals surface area contributed by atoms with Gasteiger partial charge in [-0.25, -0.2) is 0 Å². The van der Waals surface area contributed by atoms with Crippen LogP contribution in [0.4, 0.5) is 0 Å². The van der Waals surface area contributed by atoms with Crippen molar-refractivity contribution in [3.05, 3.63) is 47.0 Å². The summed E-state index contributed by atoms with van der Waals surface area (Å²) in [5, 5.41) is 0. The van der Waals surface area contributed by atoms with Crippen molar-refractivity contribution in [2.24, 2.45) is 0 Å². The van der Waals surface area contributed by atoms with Crippen LogP contribution in [0.15, 0.2) is 30.4 Å². The predicted molar refractivity (Wildman–Crippen MR) is 54.4 cm³/mol. The molecule has 0 unspecified atom stereocenters. The summed E-state index contributed by atoms with van der Waals surface area (Å²) in [5.74, 6) is 0. The highest BCUT2D eigenvalue weighted by atomic mass is 14.0. The zero-order valence-corrected chi connectivity index (χ0v) is 8.09. The molecule has 0 radical (unpaired) electrons. The highest BCUT2D eigenvalue weighted by molar-refractivity contribution is 5.30. The number of aryl methyl sites for hydroxylation is 2. The van der Waals surface area contributed by atoms with E-state index >= 15 is 0 Å². The Labute approximate surface area is 74.9 Å². The molecule has 0 heterocycles. The quantitative estimate of drug-likeness (QED) is 0.581. The van der Waals surface area contributed by atoms with Crippen LogP contribution in [0.5, 0.6) is 0 Å². The number of hydrogen-bond acceptors (Lipinski definition) is 0. The molecule has 0 spiro atoms. The first-order valence-corrected chi connectivity index (χ1v) is 4.41. The zero-order chi connectivity index (χ0) is 8.97. The maximum Gasteiger partial charge on any atom is -0.00975 e. The highest BCUT2D eigenvalue weighted by Gasteiger charge is 1.93. The van der Waals surface area contributed by atoms with E-state index in [9.17, 15) is 0 Å². The van der Waals surface area contributed by atoms with Crippen LogP contribution in [0, 0.1) is 13.8 Å². The molecule has 12 heavy (non-hydrogen) atoms. The molecule has 0 aromatic heterocycles. The smallest absolute Gasteiger partial charge is 0.00975 e. The highest BCUT2D eigenvalue weighted by Crippen LogP contribution is 2.10. The van der Waals surface area contributed by atoms with Gasteiger partial charge in [0.2, 0.25) is 0 Å². The van der Waals surface area contributed by atoms with E-state index in [4.69, 9.17) is 0 Å². The topological polar surface area (TPSA) is 0 Å². The molecule has 0 aliphatic rings. The summed E-state index contributed by atoms with van der Waals surface area (Å²) in [5.41, 5.74) is 4.16.